The number of ether oxygens (including phenoxy) is 1. The molecule has 0 bridgehead atoms. The van der Waals surface area contributed by atoms with E-state index in [4.69, 9.17) is 4.74 Å². The highest BCUT2D eigenvalue weighted by Gasteiger charge is 2.32. The summed E-state index contributed by atoms with van der Waals surface area (Å²) in [5, 5.41) is 14.9. The summed E-state index contributed by atoms with van der Waals surface area (Å²) in [6, 6.07) is 7.28. The SMILES string of the molecule is COc1ccc2c(c1)C(=O)N(c1nnc(C(=O)Nc3cnccc3N3CCNCC3)s1)C2. The van der Waals surface area contributed by atoms with Crippen molar-refractivity contribution in [3.8, 4) is 5.75 Å². The van der Waals surface area contributed by atoms with Crippen molar-refractivity contribution >= 4 is 39.7 Å². The molecular formula is C21H21N7O3S. The number of piperazine rings is 1. The van der Waals surface area contributed by atoms with Gasteiger partial charge in [-0.1, -0.05) is 17.4 Å². The molecule has 11 heteroatoms. The summed E-state index contributed by atoms with van der Waals surface area (Å²) in [7, 11) is 1.56. The lowest BCUT2D eigenvalue weighted by atomic mass is 10.1. The number of nitrogens with zero attached hydrogens (tertiary/aromatic N) is 5. The number of methoxy groups -OCH3 is 1. The molecular weight excluding hydrogens is 430 g/mol. The van der Waals surface area contributed by atoms with E-state index >= 15 is 0 Å². The molecule has 4 heterocycles. The van der Waals surface area contributed by atoms with Gasteiger partial charge in [0.05, 0.1) is 31.2 Å². The topological polar surface area (TPSA) is 113 Å². The number of amides is 2. The van der Waals surface area contributed by atoms with Crippen molar-refractivity contribution in [2.24, 2.45) is 0 Å². The van der Waals surface area contributed by atoms with Crippen LogP contribution in [0.15, 0.2) is 36.7 Å². The van der Waals surface area contributed by atoms with Crippen LogP contribution in [0.3, 0.4) is 0 Å². The molecule has 0 saturated carbocycles. The van der Waals surface area contributed by atoms with Crippen molar-refractivity contribution in [2.45, 2.75) is 6.54 Å². The Kier molecular flexibility index (Phi) is 5.41. The van der Waals surface area contributed by atoms with Crippen molar-refractivity contribution in [1.29, 1.82) is 0 Å². The summed E-state index contributed by atoms with van der Waals surface area (Å²) in [5.74, 6) is 0.0484. The van der Waals surface area contributed by atoms with Gasteiger partial charge >= 0.3 is 0 Å². The largest absolute Gasteiger partial charge is 0.497 e. The van der Waals surface area contributed by atoms with Gasteiger partial charge in [0.1, 0.15) is 5.75 Å². The summed E-state index contributed by atoms with van der Waals surface area (Å²) in [5.41, 5.74) is 2.99. The van der Waals surface area contributed by atoms with Gasteiger partial charge in [-0.15, -0.1) is 10.2 Å². The first kappa shape index (κ1) is 20.3. The molecule has 2 aliphatic rings. The first-order valence-electron chi connectivity index (χ1n) is 10.2. The summed E-state index contributed by atoms with van der Waals surface area (Å²) in [6.45, 7) is 3.84. The molecule has 0 spiro atoms. The van der Waals surface area contributed by atoms with E-state index in [0.29, 0.717) is 28.7 Å². The summed E-state index contributed by atoms with van der Waals surface area (Å²) >= 11 is 1.08. The third kappa shape index (κ3) is 3.76. The molecule has 1 fully saturated rings. The van der Waals surface area contributed by atoms with Gasteiger partial charge in [0.15, 0.2) is 0 Å². The Labute approximate surface area is 188 Å². The number of benzene rings is 1. The van der Waals surface area contributed by atoms with Crippen LogP contribution in [0.25, 0.3) is 0 Å². The molecule has 0 aliphatic carbocycles. The van der Waals surface area contributed by atoms with Crippen LogP contribution in [-0.4, -0.2) is 60.3 Å². The van der Waals surface area contributed by atoms with Gasteiger partial charge in [-0.2, -0.15) is 0 Å². The standard InChI is InChI=1S/C21H21N7O3S/c1-31-14-3-2-13-12-28(20(30)15(13)10-14)21-26-25-19(32-21)18(29)24-16-11-23-5-4-17(16)27-8-6-22-7-9-27/h2-5,10-11,22H,6-9,12H2,1H3,(H,24,29). The number of aromatic nitrogens is 3. The fraction of sp³-hybridized carbons (Fsp3) is 0.286. The highest BCUT2D eigenvalue weighted by molar-refractivity contribution is 7.17. The third-order valence-electron chi connectivity index (χ3n) is 5.46. The second-order valence-corrected chi connectivity index (χ2v) is 8.34. The van der Waals surface area contributed by atoms with E-state index in [1.807, 2.05) is 18.2 Å². The lowest BCUT2D eigenvalue weighted by Gasteiger charge is -2.30. The molecule has 3 aromatic rings. The number of nitrogens with one attached hydrogen (secondary N) is 2. The minimum absolute atomic E-state index is 0.177. The molecule has 0 unspecified atom stereocenters. The van der Waals surface area contributed by atoms with Crippen LogP contribution in [0, 0.1) is 0 Å². The maximum Gasteiger partial charge on any atom is 0.286 e. The average molecular weight is 452 g/mol. The highest BCUT2D eigenvalue weighted by Crippen LogP contribution is 2.33. The highest BCUT2D eigenvalue weighted by atomic mass is 32.1. The molecule has 32 heavy (non-hydrogen) atoms. The smallest absolute Gasteiger partial charge is 0.286 e. The van der Waals surface area contributed by atoms with Crippen molar-refractivity contribution in [2.75, 3.05) is 48.4 Å². The van der Waals surface area contributed by atoms with Gasteiger partial charge in [0.2, 0.25) is 10.1 Å². The molecule has 0 atom stereocenters. The molecule has 0 radical (unpaired) electrons. The van der Waals surface area contributed by atoms with Gasteiger partial charge in [0, 0.05) is 37.9 Å². The van der Waals surface area contributed by atoms with Gasteiger partial charge < -0.3 is 20.3 Å². The number of carbonyl (C=O) groups is 2. The molecule has 5 rings (SSSR count). The zero-order chi connectivity index (χ0) is 22.1. The Bertz CT molecular complexity index is 1180. The maximum atomic E-state index is 12.9. The molecule has 2 amide bonds. The number of fused-ring (bicyclic) bond motifs is 1. The van der Waals surface area contributed by atoms with Gasteiger partial charge in [-0.3, -0.25) is 19.5 Å². The number of pyridine rings is 1. The van der Waals surface area contributed by atoms with Crippen LogP contribution < -0.4 is 25.2 Å². The fourth-order valence-corrected chi connectivity index (χ4v) is 4.56. The Morgan fingerprint density at radius 2 is 2.06 bits per heavy atom. The molecule has 10 nitrogen and oxygen atoms in total. The number of carbonyl (C=O) groups excluding carboxylic acids is 2. The van der Waals surface area contributed by atoms with Crippen LogP contribution in [0.1, 0.15) is 25.7 Å². The second-order valence-electron chi connectivity index (χ2n) is 7.39. The van der Waals surface area contributed by atoms with Crippen LogP contribution in [0.2, 0.25) is 0 Å². The van der Waals surface area contributed by atoms with Crippen molar-refractivity contribution in [3.63, 3.8) is 0 Å². The minimum Gasteiger partial charge on any atom is -0.497 e. The Morgan fingerprint density at radius 3 is 2.88 bits per heavy atom. The minimum atomic E-state index is -0.385. The second kappa shape index (κ2) is 8.52. The molecule has 164 valence electrons. The monoisotopic (exact) mass is 451 g/mol. The number of anilines is 3. The average Bonchev–Trinajstić information content (AvgIpc) is 3.45. The maximum absolute atomic E-state index is 12.9. The number of rotatable bonds is 5. The van der Waals surface area contributed by atoms with Crippen molar-refractivity contribution < 1.29 is 14.3 Å². The van der Waals surface area contributed by atoms with Gasteiger partial charge in [-0.25, -0.2) is 0 Å². The molecule has 1 aromatic carbocycles. The molecule has 2 N–H and O–H groups in total. The van der Waals surface area contributed by atoms with Crippen LogP contribution in [-0.2, 0) is 6.54 Å². The molecule has 2 aromatic heterocycles. The predicted octanol–water partition coefficient (Wildman–Crippen LogP) is 1.76. The lowest BCUT2D eigenvalue weighted by Crippen LogP contribution is -2.43. The molecule has 1 saturated heterocycles. The zero-order valence-electron chi connectivity index (χ0n) is 17.4. The fourth-order valence-electron chi connectivity index (χ4n) is 3.82. The number of hydrogen-bond donors (Lipinski definition) is 2. The van der Waals surface area contributed by atoms with Gasteiger partial charge in [0.25, 0.3) is 11.8 Å². The van der Waals surface area contributed by atoms with E-state index in [2.05, 4.69) is 30.7 Å². The third-order valence-corrected chi connectivity index (χ3v) is 6.41. The zero-order valence-corrected chi connectivity index (χ0v) is 18.2. The van der Waals surface area contributed by atoms with Crippen LogP contribution >= 0.6 is 11.3 Å². The predicted molar refractivity (Wildman–Crippen MR) is 121 cm³/mol. The lowest BCUT2D eigenvalue weighted by molar-refractivity contribution is 0.0994. The summed E-state index contributed by atoms with van der Waals surface area (Å²) in [4.78, 5) is 33.6. The Morgan fingerprint density at radius 1 is 1.22 bits per heavy atom. The quantitative estimate of drug-likeness (QED) is 0.604. The van der Waals surface area contributed by atoms with Crippen LogP contribution in [0.4, 0.5) is 16.5 Å². The first-order valence-corrected chi connectivity index (χ1v) is 11.0. The van der Waals surface area contributed by atoms with Gasteiger partial charge in [-0.05, 0) is 23.8 Å². The molecule has 2 aliphatic heterocycles. The summed E-state index contributed by atoms with van der Waals surface area (Å²) in [6.07, 6.45) is 3.34. The van der Waals surface area contributed by atoms with E-state index in [-0.39, 0.29) is 16.8 Å². The van der Waals surface area contributed by atoms with E-state index < -0.39 is 0 Å². The van der Waals surface area contributed by atoms with E-state index in [1.54, 1.807) is 25.6 Å². The van der Waals surface area contributed by atoms with Crippen molar-refractivity contribution in [1.82, 2.24) is 20.5 Å². The summed E-state index contributed by atoms with van der Waals surface area (Å²) < 4.78 is 5.21. The van der Waals surface area contributed by atoms with Crippen molar-refractivity contribution in [3.05, 3.63) is 52.8 Å². The number of hydrogen-bond acceptors (Lipinski definition) is 9. The first-order chi connectivity index (χ1) is 15.6. The Balaban J connectivity index is 1.33. The van der Waals surface area contributed by atoms with E-state index in [0.717, 1.165) is 48.8 Å². The Hall–Kier alpha value is -3.57. The normalized spacial score (nSPS) is 15.6. The van der Waals surface area contributed by atoms with E-state index in [1.165, 1.54) is 4.90 Å². The van der Waals surface area contributed by atoms with E-state index in [9.17, 15) is 9.59 Å². The van der Waals surface area contributed by atoms with Crippen LogP contribution in [0.5, 0.6) is 5.75 Å².